The molecule has 4 heteroatoms. The summed E-state index contributed by atoms with van der Waals surface area (Å²) in [6.07, 6.45) is 3.26. The van der Waals surface area contributed by atoms with Crippen LogP contribution >= 0.6 is 0 Å². The van der Waals surface area contributed by atoms with Crippen molar-refractivity contribution in [3.05, 3.63) is 18.0 Å². The molecule has 0 bridgehead atoms. The Bertz CT molecular complexity index is 209. The zero-order valence-electron chi connectivity index (χ0n) is 8.12. The van der Waals surface area contributed by atoms with Crippen LogP contribution < -0.4 is 5.32 Å². The van der Waals surface area contributed by atoms with Crippen LogP contribution in [0.15, 0.2) is 17.0 Å². The Morgan fingerprint density at radius 2 is 2.46 bits per heavy atom. The maximum Gasteiger partial charge on any atom is 0.129 e. The predicted octanol–water partition coefficient (Wildman–Crippen LogP) is 1.19. The summed E-state index contributed by atoms with van der Waals surface area (Å²) in [5.41, 5.74) is 0.976. The highest BCUT2D eigenvalue weighted by atomic mass is 16.5. The first-order valence-corrected chi connectivity index (χ1v) is 4.48. The smallest absolute Gasteiger partial charge is 0.129 e. The first-order chi connectivity index (χ1) is 6.29. The van der Waals surface area contributed by atoms with Gasteiger partial charge in [-0.3, -0.25) is 0 Å². The van der Waals surface area contributed by atoms with Gasteiger partial charge in [0.25, 0.3) is 0 Å². The van der Waals surface area contributed by atoms with E-state index in [0.717, 1.165) is 12.1 Å². The molecule has 0 amide bonds. The Balaban J connectivity index is 1.96. The summed E-state index contributed by atoms with van der Waals surface area (Å²) in [5.74, 6) is 0. The molecule has 1 rings (SSSR count). The molecule has 0 saturated heterocycles. The molecule has 13 heavy (non-hydrogen) atoms. The summed E-state index contributed by atoms with van der Waals surface area (Å²) in [4.78, 5) is 0. The van der Waals surface area contributed by atoms with E-state index in [1.54, 1.807) is 12.5 Å². The van der Waals surface area contributed by atoms with Gasteiger partial charge in [0.15, 0.2) is 0 Å². The van der Waals surface area contributed by atoms with Gasteiger partial charge in [-0.05, 0) is 0 Å². The SMILES string of the molecule is CC(C)NCCOCc1cnoc1. The standard InChI is InChI=1S/C9H16N2O2/c1-8(2)10-3-4-12-6-9-5-11-13-7-9/h5,7-8,10H,3-4,6H2,1-2H3. The molecule has 0 fully saturated rings. The number of nitrogens with one attached hydrogen (secondary N) is 1. The molecule has 1 heterocycles. The maximum absolute atomic E-state index is 5.37. The fourth-order valence-corrected chi connectivity index (χ4v) is 0.908. The molecule has 4 nitrogen and oxygen atoms in total. The Kier molecular flexibility index (Phi) is 4.49. The Morgan fingerprint density at radius 3 is 3.08 bits per heavy atom. The van der Waals surface area contributed by atoms with Gasteiger partial charge in [0, 0.05) is 18.2 Å². The maximum atomic E-state index is 5.37. The highest BCUT2D eigenvalue weighted by Crippen LogP contribution is 1.97. The summed E-state index contributed by atoms with van der Waals surface area (Å²) in [7, 11) is 0. The van der Waals surface area contributed by atoms with E-state index in [0.29, 0.717) is 19.3 Å². The van der Waals surface area contributed by atoms with Crippen LogP contribution in [0.4, 0.5) is 0 Å². The second-order valence-electron chi connectivity index (χ2n) is 3.19. The van der Waals surface area contributed by atoms with Gasteiger partial charge in [-0.25, -0.2) is 0 Å². The third kappa shape index (κ3) is 4.65. The zero-order chi connectivity index (χ0) is 9.52. The lowest BCUT2D eigenvalue weighted by molar-refractivity contribution is 0.121. The van der Waals surface area contributed by atoms with Crippen LogP contribution in [0.25, 0.3) is 0 Å². The van der Waals surface area contributed by atoms with E-state index >= 15 is 0 Å². The number of hydrogen-bond acceptors (Lipinski definition) is 4. The van der Waals surface area contributed by atoms with Gasteiger partial charge in [-0.2, -0.15) is 0 Å². The fourth-order valence-electron chi connectivity index (χ4n) is 0.908. The molecular formula is C9H16N2O2. The predicted molar refractivity (Wildman–Crippen MR) is 49.3 cm³/mol. The molecule has 0 aliphatic carbocycles. The summed E-state index contributed by atoms with van der Waals surface area (Å²) in [6, 6.07) is 0.513. The third-order valence-electron chi connectivity index (χ3n) is 1.55. The van der Waals surface area contributed by atoms with E-state index in [1.807, 2.05) is 0 Å². The van der Waals surface area contributed by atoms with Crippen LogP contribution in [0.2, 0.25) is 0 Å². The van der Waals surface area contributed by atoms with Gasteiger partial charge in [-0.1, -0.05) is 19.0 Å². The Morgan fingerprint density at radius 1 is 1.62 bits per heavy atom. The number of aromatic nitrogens is 1. The van der Waals surface area contributed by atoms with Crippen molar-refractivity contribution in [3.63, 3.8) is 0 Å². The average molecular weight is 184 g/mol. The van der Waals surface area contributed by atoms with Gasteiger partial charge < -0.3 is 14.6 Å². The fraction of sp³-hybridized carbons (Fsp3) is 0.667. The van der Waals surface area contributed by atoms with Crippen LogP contribution in [-0.4, -0.2) is 24.4 Å². The second kappa shape index (κ2) is 5.72. The topological polar surface area (TPSA) is 47.3 Å². The summed E-state index contributed by atoms with van der Waals surface area (Å²) in [5, 5.41) is 6.84. The number of rotatable bonds is 6. The summed E-state index contributed by atoms with van der Waals surface area (Å²) < 4.78 is 10.0. The molecule has 0 spiro atoms. The average Bonchev–Trinajstić information content (AvgIpc) is 2.55. The second-order valence-corrected chi connectivity index (χ2v) is 3.19. The van der Waals surface area contributed by atoms with Crippen LogP contribution in [0.3, 0.4) is 0 Å². The molecule has 0 aliphatic rings. The molecule has 0 atom stereocenters. The van der Waals surface area contributed by atoms with E-state index in [9.17, 15) is 0 Å². The van der Waals surface area contributed by atoms with Crippen molar-refractivity contribution in [1.82, 2.24) is 10.5 Å². The van der Waals surface area contributed by atoms with E-state index in [1.165, 1.54) is 0 Å². The highest BCUT2D eigenvalue weighted by molar-refractivity contribution is 4.97. The first-order valence-electron chi connectivity index (χ1n) is 4.48. The van der Waals surface area contributed by atoms with Crippen LogP contribution in [-0.2, 0) is 11.3 Å². The molecule has 0 radical (unpaired) electrons. The lowest BCUT2D eigenvalue weighted by atomic mass is 10.4. The van der Waals surface area contributed by atoms with Crippen molar-refractivity contribution < 1.29 is 9.26 Å². The minimum absolute atomic E-state index is 0.513. The molecular weight excluding hydrogens is 168 g/mol. The quantitative estimate of drug-likeness (QED) is 0.674. The lowest BCUT2D eigenvalue weighted by Crippen LogP contribution is -2.26. The van der Waals surface area contributed by atoms with Crippen molar-refractivity contribution in [2.75, 3.05) is 13.2 Å². The number of nitrogens with zero attached hydrogens (tertiary/aromatic N) is 1. The molecule has 74 valence electrons. The molecule has 0 unspecified atom stereocenters. The third-order valence-corrected chi connectivity index (χ3v) is 1.55. The van der Waals surface area contributed by atoms with Crippen molar-refractivity contribution in [3.8, 4) is 0 Å². The zero-order valence-corrected chi connectivity index (χ0v) is 8.12. The van der Waals surface area contributed by atoms with Gasteiger partial charge in [-0.15, -0.1) is 0 Å². The van der Waals surface area contributed by atoms with Gasteiger partial charge >= 0.3 is 0 Å². The minimum Gasteiger partial charge on any atom is -0.375 e. The van der Waals surface area contributed by atoms with Crippen LogP contribution in [0.5, 0.6) is 0 Å². The van der Waals surface area contributed by atoms with E-state index in [-0.39, 0.29) is 0 Å². The number of ether oxygens (including phenoxy) is 1. The summed E-state index contributed by atoms with van der Waals surface area (Å²) in [6.45, 7) is 6.38. The van der Waals surface area contributed by atoms with Crippen molar-refractivity contribution >= 4 is 0 Å². The van der Waals surface area contributed by atoms with E-state index < -0.39 is 0 Å². The summed E-state index contributed by atoms with van der Waals surface area (Å²) >= 11 is 0. The molecule has 0 aliphatic heterocycles. The Hall–Kier alpha value is -0.870. The van der Waals surface area contributed by atoms with E-state index in [4.69, 9.17) is 4.74 Å². The number of hydrogen-bond donors (Lipinski definition) is 1. The first kappa shape index (κ1) is 10.2. The molecule has 1 aromatic heterocycles. The molecule has 1 N–H and O–H groups in total. The minimum atomic E-state index is 0.513. The van der Waals surface area contributed by atoms with Gasteiger partial charge in [0.05, 0.1) is 19.4 Å². The monoisotopic (exact) mass is 184 g/mol. The molecule has 1 aromatic rings. The highest BCUT2D eigenvalue weighted by Gasteiger charge is 1.95. The molecule has 0 aromatic carbocycles. The van der Waals surface area contributed by atoms with Gasteiger partial charge in [0.2, 0.25) is 0 Å². The van der Waals surface area contributed by atoms with Crippen LogP contribution in [0, 0.1) is 0 Å². The lowest BCUT2D eigenvalue weighted by Gasteiger charge is -2.07. The van der Waals surface area contributed by atoms with Gasteiger partial charge in [0.1, 0.15) is 6.26 Å². The van der Waals surface area contributed by atoms with Crippen LogP contribution in [0.1, 0.15) is 19.4 Å². The van der Waals surface area contributed by atoms with Crippen molar-refractivity contribution in [2.45, 2.75) is 26.5 Å². The largest absolute Gasteiger partial charge is 0.375 e. The molecule has 0 saturated carbocycles. The van der Waals surface area contributed by atoms with Crippen molar-refractivity contribution in [1.29, 1.82) is 0 Å². The Labute approximate surface area is 78.2 Å². The normalized spacial score (nSPS) is 11.0. The van der Waals surface area contributed by atoms with Crippen molar-refractivity contribution in [2.24, 2.45) is 0 Å². The van der Waals surface area contributed by atoms with E-state index in [2.05, 4.69) is 28.8 Å².